The zero-order valence-electron chi connectivity index (χ0n) is 24.7. The van der Waals surface area contributed by atoms with Crippen molar-refractivity contribution in [3.8, 4) is 0 Å². The number of benzene rings is 2. The van der Waals surface area contributed by atoms with E-state index in [9.17, 15) is 13.2 Å². The standard InChI is InChI=1S/C24H28ClF3.C10H17N/c1-5-7-10-18(20-14-21(25)23(27)13-17(20)9-6-2)15(3)16(4)19-11-8-12-22(26)24(19)28;1-5-6-10(4)11-8-7-9(2)3/h8,11-14,16H,5-7,9-10H2,1-4H3;7-8H,2,5-6H2,1,3-4H3/b18-15+;8-7-,11-10?. The van der Waals surface area contributed by atoms with Gasteiger partial charge in [-0.05, 0) is 93.0 Å². The topological polar surface area (TPSA) is 12.4 Å². The van der Waals surface area contributed by atoms with Crippen LogP contribution in [0.3, 0.4) is 0 Å². The highest BCUT2D eigenvalue weighted by Crippen LogP contribution is 2.37. The second-order valence-electron chi connectivity index (χ2n) is 10.1. The minimum Gasteiger partial charge on any atom is -0.266 e. The lowest BCUT2D eigenvalue weighted by Crippen LogP contribution is -2.05. The van der Waals surface area contributed by atoms with Gasteiger partial charge in [-0.3, -0.25) is 4.99 Å². The van der Waals surface area contributed by atoms with E-state index in [1.165, 1.54) is 17.8 Å². The fourth-order valence-corrected chi connectivity index (χ4v) is 4.47. The van der Waals surface area contributed by atoms with E-state index in [2.05, 4.69) is 25.4 Å². The van der Waals surface area contributed by atoms with Crippen LogP contribution in [0.1, 0.15) is 110 Å². The van der Waals surface area contributed by atoms with Crippen molar-refractivity contribution in [3.05, 3.63) is 99.5 Å². The molecule has 0 heterocycles. The molecular weight excluding hydrogens is 515 g/mol. The maximum atomic E-state index is 14.4. The lowest BCUT2D eigenvalue weighted by Gasteiger charge is -2.22. The van der Waals surface area contributed by atoms with Crippen LogP contribution >= 0.6 is 11.6 Å². The molecular formula is C34H45ClF3N. The van der Waals surface area contributed by atoms with Gasteiger partial charge >= 0.3 is 0 Å². The predicted molar refractivity (Wildman–Crippen MR) is 164 cm³/mol. The van der Waals surface area contributed by atoms with E-state index < -0.39 is 17.5 Å². The molecule has 0 fully saturated rings. The summed E-state index contributed by atoms with van der Waals surface area (Å²) in [5, 5.41) is 0.0845. The van der Waals surface area contributed by atoms with Crippen LogP contribution in [0.2, 0.25) is 5.02 Å². The summed E-state index contributed by atoms with van der Waals surface area (Å²) in [5.41, 5.74) is 6.38. The first-order chi connectivity index (χ1) is 18.5. The molecule has 1 unspecified atom stereocenters. The number of rotatable bonds is 12. The molecule has 1 atom stereocenters. The number of halogens is 4. The summed E-state index contributed by atoms with van der Waals surface area (Å²) in [6, 6.07) is 7.47. The Morgan fingerprint density at radius 2 is 1.67 bits per heavy atom. The van der Waals surface area contributed by atoms with Gasteiger partial charge in [0.2, 0.25) is 0 Å². The molecule has 0 spiro atoms. The van der Waals surface area contributed by atoms with Gasteiger partial charge < -0.3 is 0 Å². The van der Waals surface area contributed by atoms with Crippen molar-refractivity contribution >= 4 is 22.9 Å². The Balaban J connectivity index is 0.000000584. The van der Waals surface area contributed by atoms with Gasteiger partial charge in [0.25, 0.3) is 0 Å². The maximum Gasteiger partial charge on any atom is 0.162 e. The highest BCUT2D eigenvalue weighted by molar-refractivity contribution is 6.31. The van der Waals surface area contributed by atoms with Gasteiger partial charge in [0.05, 0.1) is 5.02 Å². The number of nitrogens with zero attached hydrogens (tertiary/aromatic N) is 1. The second kappa shape index (κ2) is 17.9. The molecule has 0 N–H and O–H groups in total. The molecule has 5 heteroatoms. The Labute approximate surface area is 239 Å². The highest BCUT2D eigenvalue weighted by Gasteiger charge is 2.21. The van der Waals surface area contributed by atoms with E-state index in [0.717, 1.165) is 78.9 Å². The molecule has 1 nitrogen and oxygen atoms in total. The van der Waals surface area contributed by atoms with Crippen molar-refractivity contribution in [1.29, 1.82) is 0 Å². The lowest BCUT2D eigenvalue weighted by atomic mass is 9.83. The Kier molecular flexibility index (Phi) is 15.8. The molecule has 0 bridgehead atoms. The van der Waals surface area contributed by atoms with Crippen molar-refractivity contribution in [2.24, 2.45) is 4.99 Å². The summed E-state index contributed by atoms with van der Waals surface area (Å²) in [7, 11) is 0. The average molecular weight is 560 g/mol. The largest absolute Gasteiger partial charge is 0.266 e. The first kappa shape index (κ1) is 34.4. The van der Waals surface area contributed by atoms with Gasteiger partial charge in [0, 0.05) is 17.8 Å². The minimum atomic E-state index is -0.844. The van der Waals surface area contributed by atoms with Gasteiger partial charge in [-0.2, -0.15) is 0 Å². The number of aryl methyl sites for hydroxylation is 1. The molecule has 0 aliphatic rings. The van der Waals surface area contributed by atoms with Crippen LogP contribution in [0.25, 0.3) is 5.57 Å². The van der Waals surface area contributed by atoms with E-state index in [4.69, 9.17) is 11.6 Å². The SMILES string of the molecule is C=C(C)/C=C\N=C(C)CCC.CCCC/C(=C(/C)C(C)c1cccc(F)c1F)c1cc(Cl)c(F)cc1CCC. The third-order valence-corrected chi connectivity index (χ3v) is 6.90. The van der Waals surface area contributed by atoms with Crippen LogP contribution in [0.4, 0.5) is 13.2 Å². The number of hydrogen-bond acceptors (Lipinski definition) is 1. The summed E-state index contributed by atoms with van der Waals surface area (Å²) < 4.78 is 42.2. The van der Waals surface area contributed by atoms with Crippen molar-refractivity contribution in [1.82, 2.24) is 0 Å². The van der Waals surface area contributed by atoms with Crippen LogP contribution in [0.15, 0.2) is 65.3 Å². The molecule has 2 aromatic rings. The minimum absolute atomic E-state index is 0.0845. The smallest absolute Gasteiger partial charge is 0.162 e. The molecule has 0 radical (unpaired) electrons. The summed E-state index contributed by atoms with van der Waals surface area (Å²) >= 11 is 6.10. The van der Waals surface area contributed by atoms with Crippen molar-refractivity contribution in [2.45, 2.75) is 99.3 Å². The molecule has 0 saturated heterocycles. The quantitative estimate of drug-likeness (QED) is 0.181. The third kappa shape index (κ3) is 11.2. The maximum absolute atomic E-state index is 14.4. The molecule has 2 rings (SSSR count). The molecule has 0 amide bonds. The molecule has 214 valence electrons. The first-order valence-corrected chi connectivity index (χ1v) is 14.3. The van der Waals surface area contributed by atoms with Gasteiger partial charge in [-0.1, -0.05) is 88.4 Å². The van der Waals surface area contributed by atoms with Gasteiger partial charge in [-0.15, -0.1) is 0 Å². The normalized spacial score (nSPS) is 13.2. The number of unbranched alkanes of at least 4 members (excludes halogenated alkanes) is 1. The molecule has 0 aliphatic heterocycles. The zero-order chi connectivity index (χ0) is 29.5. The van der Waals surface area contributed by atoms with Crippen LogP contribution in [0.5, 0.6) is 0 Å². The van der Waals surface area contributed by atoms with E-state index >= 15 is 0 Å². The predicted octanol–water partition coefficient (Wildman–Crippen LogP) is 11.8. The summed E-state index contributed by atoms with van der Waals surface area (Å²) in [6.45, 7) is 17.9. The third-order valence-electron chi connectivity index (χ3n) is 6.61. The van der Waals surface area contributed by atoms with Crippen LogP contribution in [-0.2, 0) is 6.42 Å². The van der Waals surface area contributed by atoms with E-state index in [0.29, 0.717) is 5.56 Å². The Morgan fingerprint density at radius 3 is 2.26 bits per heavy atom. The number of aliphatic imine (C=N–C) groups is 1. The zero-order valence-corrected chi connectivity index (χ0v) is 25.5. The summed E-state index contributed by atoms with van der Waals surface area (Å²) in [5.74, 6) is -2.38. The fourth-order valence-electron chi connectivity index (χ4n) is 4.31. The van der Waals surface area contributed by atoms with Crippen molar-refractivity contribution in [2.75, 3.05) is 0 Å². The number of allylic oxidation sites excluding steroid dienone is 4. The average Bonchev–Trinajstić information content (AvgIpc) is 2.88. The van der Waals surface area contributed by atoms with E-state index in [1.54, 1.807) is 12.1 Å². The van der Waals surface area contributed by atoms with Gasteiger partial charge in [-0.25, -0.2) is 13.2 Å². The van der Waals surface area contributed by atoms with E-state index in [1.807, 2.05) is 46.9 Å². The molecule has 0 saturated carbocycles. The molecule has 39 heavy (non-hydrogen) atoms. The van der Waals surface area contributed by atoms with Crippen LogP contribution in [0, 0.1) is 17.5 Å². The van der Waals surface area contributed by atoms with Crippen LogP contribution in [-0.4, -0.2) is 5.71 Å². The molecule has 0 aromatic heterocycles. The van der Waals surface area contributed by atoms with Crippen molar-refractivity contribution in [3.63, 3.8) is 0 Å². The monoisotopic (exact) mass is 559 g/mol. The number of hydrogen-bond donors (Lipinski definition) is 0. The Morgan fingerprint density at radius 1 is 0.974 bits per heavy atom. The summed E-state index contributed by atoms with van der Waals surface area (Å²) in [6.07, 6.45) is 10.3. The highest BCUT2D eigenvalue weighted by atomic mass is 35.5. The summed E-state index contributed by atoms with van der Waals surface area (Å²) in [4.78, 5) is 4.23. The first-order valence-electron chi connectivity index (χ1n) is 13.9. The molecule has 2 aromatic carbocycles. The molecule has 0 aliphatic carbocycles. The van der Waals surface area contributed by atoms with Crippen LogP contribution < -0.4 is 0 Å². The Bertz CT molecular complexity index is 1180. The lowest BCUT2D eigenvalue weighted by molar-refractivity contribution is 0.495. The van der Waals surface area contributed by atoms with Gasteiger partial charge in [0.1, 0.15) is 5.82 Å². The Hall–Kier alpha value is -2.59. The second-order valence-corrected chi connectivity index (χ2v) is 10.5. The van der Waals surface area contributed by atoms with Crippen molar-refractivity contribution < 1.29 is 13.2 Å². The fraction of sp³-hybridized carbons (Fsp3) is 0.441. The van der Waals surface area contributed by atoms with E-state index in [-0.39, 0.29) is 10.9 Å². The van der Waals surface area contributed by atoms with Gasteiger partial charge in [0.15, 0.2) is 11.6 Å².